The molecule has 0 amide bonds. The number of carboxylic acid groups (broad SMARTS) is 1. The zero-order valence-electron chi connectivity index (χ0n) is 8.98. The fourth-order valence-corrected chi connectivity index (χ4v) is 2.07. The van der Waals surface area contributed by atoms with Crippen molar-refractivity contribution in [3.05, 3.63) is 22.2 Å². The Morgan fingerprint density at radius 3 is 2.59 bits per heavy atom. The highest BCUT2D eigenvalue weighted by molar-refractivity contribution is 9.10. The van der Waals surface area contributed by atoms with Gasteiger partial charge in [0.15, 0.2) is 11.5 Å². The Labute approximate surface area is 107 Å². The summed E-state index contributed by atoms with van der Waals surface area (Å²) in [7, 11) is 0. The topological polar surface area (TPSA) is 81.8 Å². The van der Waals surface area contributed by atoms with Gasteiger partial charge in [0, 0.05) is 4.47 Å². The SMILES string of the molecule is NC(Cc1cc2c(cc1Br)OCCO2)C(=O)O. The van der Waals surface area contributed by atoms with Gasteiger partial charge in [-0.25, -0.2) is 0 Å². The van der Waals surface area contributed by atoms with Gasteiger partial charge in [-0.1, -0.05) is 15.9 Å². The van der Waals surface area contributed by atoms with Gasteiger partial charge in [0.2, 0.25) is 0 Å². The predicted octanol–water partition coefficient (Wildman–Crippen LogP) is 1.17. The van der Waals surface area contributed by atoms with Gasteiger partial charge in [-0.3, -0.25) is 4.79 Å². The highest BCUT2D eigenvalue weighted by Gasteiger charge is 2.18. The van der Waals surface area contributed by atoms with E-state index >= 15 is 0 Å². The lowest BCUT2D eigenvalue weighted by molar-refractivity contribution is -0.138. The Morgan fingerprint density at radius 1 is 1.41 bits per heavy atom. The molecular formula is C11H12BrNO4. The minimum atomic E-state index is -1.02. The van der Waals surface area contributed by atoms with E-state index in [9.17, 15) is 4.79 Å². The van der Waals surface area contributed by atoms with E-state index in [1.54, 1.807) is 12.1 Å². The van der Waals surface area contributed by atoms with E-state index in [2.05, 4.69) is 15.9 Å². The number of ether oxygens (including phenoxy) is 2. The Balaban J connectivity index is 2.25. The number of nitrogens with two attached hydrogens (primary N) is 1. The second-order valence-corrected chi connectivity index (χ2v) is 4.59. The van der Waals surface area contributed by atoms with Crippen LogP contribution in [0.5, 0.6) is 11.5 Å². The summed E-state index contributed by atoms with van der Waals surface area (Å²) in [4.78, 5) is 10.7. The van der Waals surface area contributed by atoms with Crippen molar-refractivity contribution in [1.29, 1.82) is 0 Å². The number of halogens is 1. The lowest BCUT2D eigenvalue weighted by Gasteiger charge is -2.20. The third-order valence-corrected chi connectivity index (χ3v) is 3.21. The minimum absolute atomic E-state index is 0.243. The molecule has 0 spiro atoms. The highest BCUT2D eigenvalue weighted by atomic mass is 79.9. The molecule has 0 aliphatic carbocycles. The van der Waals surface area contributed by atoms with Gasteiger partial charge in [-0.05, 0) is 24.1 Å². The normalized spacial score (nSPS) is 15.4. The summed E-state index contributed by atoms with van der Waals surface area (Å²) >= 11 is 3.37. The van der Waals surface area contributed by atoms with Gasteiger partial charge in [0.05, 0.1) is 0 Å². The average Bonchev–Trinajstić information content (AvgIpc) is 2.29. The van der Waals surface area contributed by atoms with Crippen LogP contribution in [0.4, 0.5) is 0 Å². The number of carbonyl (C=O) groups is 1. The summed E-state index contributed by atoms with van der Waals surface area (Å²) in [6.45, 7) is 1.02. The first-order valence-electron chi connectivity index (χ1n) is 5.14. The largest absolute Gasteiger partial charge is 0.486 e. The number of hydrogen-bond donors (Lipinski definition) is 2. The second kappa shape index (κ2) is 4.93. The maximum absolute atomic E-state index is 10.7. The third-order valence-electron chi connectivity index (χ3n) is 2.47. The molecule has 1 aromatic carbocycles. The average molecular weight is 302 g/mol. The molecular weight excluding hydrogens is 290 g/mol. The van der Waals surface area contributed by atoms with Crippen LogP contribution in [0.2, 0.25) is 0 Å². The molecule has 3 N–H and O–H groups in total. The third kappa shape index (κ3) is 2.70. The molecule has 0 fully saturated rings. The lowest BCUT2D eigenvalue weighted by Crippen LogP contribution is -2.32. The molecule has 0 saturated carbocycles. The van der Waals surface area contributed by atoms with Crippen molar-refractivity contribution in [2.75, 3.05) is 13.2 Å². The molecule has 6 heteroatoms. The van der Waals surface area contributed by atoms with Crippen LogP contribution in [0.3, 0.4) is 0 Å². The van der Waals surface area contributed by atoms with E-state index in [-0.39, 0.29) is 6.42 Å². The first-order valence-corrected chi connectivity index (χ1v) is 5.93. The molecule has 1 heterocycles. The van der Waals surface area contributed by atoms with Gasteiger partial charge in [0.25, 0.3) is 0 Å². The molecule has 0 aromatic heterocycles. The molecule has 0 bridgehead atoms. The second-order valence-electron chi connectivity index (χ2n) is 3.74. The number of hydrogen-bond acceptors (Lipinski definition) is 4. The number of aliphatic carboxylic acids is 1. The maximum atomic E-state index is 10.7. The van der Waals surface area contributed by atoms with E-state index in [0.717, 1.165) is 10.0 Å². The van der Waals surface area contributed by atoms with Crippen molar-refractivity contribution in [3.8, 4) is 11.5 Å². The molecule has 1 aliphatic heterocycles. The van der Waals surface area contributed by atoms with Gasteiger partial charge < -0.3 is 20.3 Å². The summed E-state index contributed by atoms with van der Waals surface area (Å²) in [6, 6.07) is 2.62. The van der Waals surface area contributed by atoms with Crippen LogP contribution in [0, 0.1) is 0 Å². The van der Waals surface area contributed by atoms with Crippen molar-refractivity contribution in [1.82, 2.24) is 0 Å². The summed E-state index contributed by atoms with van der Waals surface area (Å²) in [5.74, 6) is 0.273. The molecule has 0 saturated heterocycles. The Hall–Kier alpha value is -1.27. The van der Waals surface area contributed by atoms with Crippen LogP contribution in [-0.2, 0) is 11.2 Å². The first kappa shape index (κ1) is 12.2. The standard InChI is InChI=1S/C11H12BrNO4/c12-7-5-10-9(16-1-2-17-10)4-6(7)3-8(13)11(14)15/h4-5,8H,1-3,13H2,(H,14,15). The molecule has 1 aliphatic rings. The van der Waals surface area contributed by atoms with Crippen molar-refractivity contribution >= 4 is 21.9 Å². The van der Waals surface area contributed by atoms with E-state index in [4.69, 9.17) is 20.3 Å². The van der Waals surface area contributed by atoms with E-state index in [1.165, 1.54) is 0 Å². The van der Waals surface area contributed by atoms with Crippen LogP contribution < -0.4 is 15.2 Å². The maximum Gasteiger partial charge on any atom is 0.320 e. The molecule has 1 aromatic rings. The molecule has 17 heavy (non-hydrogen) atoms. The fourth-order valence-electron chi connectivity index (χ4n) is 1.59. The van der Waals surface area contributed by atoms with Crippen LogP contribution in [-0.4, -0.2) is 30.3 Å². The zero-order chi connectivity index (χ0) is 12.4. The van der Waals surface area contributed by atoms with Crippen molar-refractivity contribution in [2.24, 2.45) is 5.73 Å². The van der Waals surface area contributed by atoms with Gasteiger partial charge in [-0.15, -0.1) is 0 Å². The van der Waals surface area contributed by atoms with Crippen LogP contribution >= 0.6 is 15.9 Å². The molecule has 5 nitrogen and oxygen atoms in total. The number of carboxylic acids is 1. The molecule has 92 valence electrons. The zero-order valence-corrected chi connectivity index (χ0v) is 10.6. The van der Waals surface area contributed by atoms with Crippen molar-refractivity contribution < 1.29 is 19.4 Å². The number of fused-ring (bicyclic) bond motifs is 1. The molecule has 1 unspecified atom stereocenters. The molecule has 0 radical (unpaired) electrons. The molecule has 2 rings (SSSR count). The van der Waals surface area contributed by atoms with Gasteiger partial charge in [0.1, 0.15) is 19.3 Å². The van der Waals surface area contributed by atoms with E-state index < -0.39 is 12.0 Å². The van der Waals surface area contributed by atoms with E-state index in [0.29, 0.717) is 24.7 Å². The Morgan fingerprint density at radius 2 is 2.00 bits per heavy atom. The fraction of sp³-hybridized carbons (Fsp3) is 0.364. The quantitative estimate of drug-likeness (QED) is 0.876. The summed E-state index contributed by atoms with van der Waals surface area (Å²) in [6.07, 6.45) is 0.243. The highest BCUT2D eigenvalue weighted by Crippen LogP contribution is 2.35. The minimum Gasteiger partial charge on any atom is -0.486 e. The van der Waals surface area contributed by atoms with Crippen LogP contribution in [0.25, 0.3) is 0 Å². The van der Waals surface area contributed by atoms with Crippen molar-refractivity contribution in [3.63, 3.8) is 0 Å². The van der Waals surface area contributed by atoms with Gasteiger partial charge in [-0.2, -0.15) is 0 Å². The predicted molar refractivity (Wildman–Crippen MR) is 64.4 cm³/mol. The van der Waals surface area contributed by atoms with E-state index in [1.807, 2.05) is 0 Å². The lowest BCUT2D eigenvalue weighted by atomic mass is 10.1. The van der Waals surface area contributed by atoms with Crippen LogP contribution in [0.15, 0.2) is 16.6 Å². The Kier molecular flexibility index (Phi) is 3.54. The smallest absolute Gasteiger partial charge is 0.320 e. The summed E-state index contributed by atoms with van der Waals surface area (Å²) < 4.78 is 11.6. The summed E-state index contributed by atoms with van der Waals surface area (Å²) in [5.41, 5.74) is 6.30. The number of rotatable bonds is 3. The van der Waals surface area contributed by atoms with Crippen LogP contribution in [0.1, 0.15) is 5.56 Å². The van der Waals surface area contributed by atoms with Gasteiger partial charge >= 0.3 is 5.97 Å². The monoisotopic (exact) mass is 301 g/mol. The number of benzene rings is 1. The Bertz CT molecular complexity index is 449. The van der Waals surface area contributed by atoms with Crippen molar-refractivity contribution in [2.45, 2.75) is 12.5 Å². The molecule has 1 atom stereocenters. The summed E-state index contributed by atoms with van der Waals surface area (Å²) in [5, 5.41) is 8.78. The first-order chi connectivity index (χ1) is 8.08.